The van der Waals surface area contributed by atoms with Crippen molar-refractivity contribution in [2.45, 2.75) is 32.4 Å². The van der Waals surface area contributed by atoms with Gasteiger partial charge < -0.3 is 20.4 Å². The van der Waals surface area contributed by atoms with E-state index in [0.717, 1.165) is 54.8 Å². The maximum Gasteiger partial charge on any atom is 0.272 e. The maximum absolute atomic E-state index is 13.3. The number of amides is 1. The third kappa shape index (κ3) is 4.80. The number of aromatic amines is 1. The summed E-state index contributed by atoms with van der Waals surface area (Å²) in [7, 11) is 3.42. The lowest BCUT2D eigenvalue weighted by Gasteiger charge is -2.32. The first kappa shape index (κ1) is 27.5. The molecule has 1 saturated heterocycles. The van der Waals surface area contributed by atoms with Crippen molar-refractivity contribution in [1.82, 2.24) is 44.4 Å². The Labute approximate surface area is 253 Å². The van der Waals surface area contributed by atoms with Gasteiger partial charge in [0.2, 0.25) is 0 Å². The van der Waals surface area contributed by atoms with Gasteiger partial charge in [0.05, 0.1) is 41.5 Å². The molecular formula is C31H33N11O2. The smallest absolute Gasteiger partial charge is 0.272 e. The molecule has 224 valence electrons. The van der Waals surface area contributed by atoms with Crippen LogP contribution in [-0.4, -0.2) is 70.5 Å². The number of aromatic nitrogens is 8. The predicted molar refractivity (Wildman–Crippen MR) is 167 cm³/mol. The minimum absolute atomic E-state index is 0.165. The van der Waals surface area contributed by atoms with Crippen molar-refractivity contribution in [2.75, 3.05) is 31.2 Å². The fourth-order valence-corrected chi connectivity index (χ4v) is 6.06. The highest BCUT2D eigenvalue weighted by Gasteiger charge is 2.27. The molecule has 0 saturated carbocycles. The van der Waals surface area contributed by atoms with Crippen LogP contribution in [0.25, 0.3) is 33.3 Å². The molecule has 0 radical (unpaired) electrons. The number of hydrogen-bond acceptors (Lipinski definition) is 9. The number of likely N-dealkylation sites (tertiary alicyclic amines) is 1. The molecule has 0 bridgehead atoms. The summed E-state index contributed by atoms with van der Waals surface area (Å²) >= 11 is 0. The fourth-order valence-electron chi connectivity index (χ4n) is 6.06. The van der Waals surface area contributed by atoms with Crippen LogP contribution in [-0.2, 0) is 13.6 Å². The zero-order valence-electron chi connectivity index (χ0n) is 24.8. The van der Waals surface area contributed by atoms with Crippen molar-refractivity contribution in [3.8, 4) is 17.0 Å². The molecule has 6 aromatic rings. The summed E-state index contributed by atoms with van der Waals surface area (Å²) in [4.78, 5) is 29.0. The van der Waals surface area contributed by atoms with Gasteiger partial charge in [0, 0.05) is 49.7 Å². The Morgan fingerprint density at radius 1 is 1.16 bits per heavy atom. The average molecular weight is 592 g/mol. The summed E-state index contributed by atoms with van der Waals surface area (Å²) in [6.07, 6.45) is 6.95. The van der Waals surface area contributed by atoms with Crippen LogP contribution < -0.4 is 15.8 Å². The predicted octanol–water partition coefficient (Wildman–Crippen LogP) is 4.09. The van der Waals surface area contributed by atoms with Crippen LogP contribution in [0.5, 0.6) is 5.75 Å². The molecule has 7 rings (SSSR count). The van der Waals surface area contributed by atoms with Crippen molar-refractivity contribution < 1.29 is 9.53 Å². The molecule has 6 heterocycles. The Morgan fingerprint density at radius 2 is 2.00 bits per heavy atom. The Hall–Kier alpha value is -5.30. The molecule has 1 amide bonds. The quantitative estimate of drug-likeness (QED) is 0.249. The summed E-state index contributed by atoms with van der Waals surface area (Å²) in [5.74, 6) is 0.594. The number of ether oxygens (including phenoxy) is 1. The molecule has 13 nitrogen and oxygen atoms in total. The Kier molecular flexibility index (Phi) is 6.93. The normalized spacial score (nSPS) is 14.4. The number of nitrogen functional groups attached to an aromatic ring is 1. The van der Waals surface area contributed by atoms with Crippen LogP contribution in [0.3, 0.4) is 0 Å². The maximum atomic E-state index is 13.3. The molecular weight excluding hydrogens is 558 g/mol. The van der Waals surface area contributed by atoms with E-state index in [-0.39, 0.29) is 11.9 Å². The first-order valence-electron chi connectivity index (χ1n) is 14.5. The second-order valence-electron chi connectivity index (χ2n) is 11.1. The first-order valence-corrected chi connectivity index (χ1v) is 14.5. The number of benzene rings is 1. The molecule has 13 heteroatoms. The molecule has 44 heavy (non-hydrogen) atoms. The van der Waals surface area contributed by atoms with Gasteiger partial charge in [-0.05, 0) is 50.1 Å². The lowest BCUT2D eigenvalue weighted by Crippen LogP contribution is -2.34. The van der Waals surface area contributed by atoms with Crippen molar-refractivity contribution in [3.05, 3.63) is 72.1 Å². The zero-order valence-corrected chi connectivity index (χ0v) is 24.8. The number of methoxy groups -OCH3 is 1. The zero-order chi connectivity index (χ0) is 30.4. The molecule has 0 unspecified atom stereocenters. The van der Waals surface area contributed by atoms with Gasteiger partial charge in [-0.25, -0.2) is 14.6 Å². The van der Waals surface area contributed by atoms with Crippen LogP contribution >= 0.6 is 0 Å². The van der Waals surface area contributed by atoms with Crippen molar-refractivity contribution in [3.63, 3.8) is 0 Å². The summed E-state index contributed by atoms with van der Waals surface area (Å²) in [5.41, 5.74) is 13.6. The van der Waals surface area contributed by atoms with Crippen LogP contribution in [0.1, 0.15) is 40.6 Å². The lowest BCUT2D eigenvalue weighted by atomic mass is 10.0. The van der Waals surface area contributed by atoms with Crippen molar-refractivity contribution in [2.24, 2.45) is 7.05 Å². The topological polar surface area (TPSA) is 158 Å². The van der Waals surface area contributed by atoms with E-state index in [1.807, 2.05) is 52.8 Å². The number of carbonyl (C=O) groups is 1. The van der Waals surface area contributed by atoms with E-state index >= 15 is 0 Å². The van der Waals surface area contributed by atoms with Gasteiger partial charge in [0.25, 0.3) is 5.91 Å². The SMILES string of the molecule is COc1cc(-c2nn(C3CCN(Cc4cn[nH]c4C)CC3)c3ncnc(N)c23)ccc1NC(=O)c1cc2ncccc2n1C. The number of fused-ring (bicyclic) bond motifs is 2. The van der Waals surface area contributed by atoms with E-state index in [2.05, 4.69) is 42.3 Å². The molecule has 0 spiro atoms. The Balaban J connectivity index is 1.16. The summed E-state index contributed by atoms with van der Waals surface area (Å²) in [5, 5.41) is 15.9. The van der Waals surface area contributed by atoms with E-state index in [1.54, 1.807) is 19.4 Å². The number of aryl methyl sites for hydroxylation is 2. The van der Waals surface area contributed by atoms with Gasteiger partial charge in [-0.15, -0.1) is 0 Å². The van der Waals surface area contributed by atoms with E-state index in [0.29, 0.717) is 39.7 Å². The molecule has 0 atom stereocenters. The number of H-pyrrole nitrogens is 1. The number of carbonyl (C=O) groups excluding carboxylic acids is 1. The second-order valence-corrected chi connectivity index (χ2v) is 11.1. The van der Waals surface area contributed by atoms with Crippen molar-refractivity contribution in [1.29, 1.82) is 0 Å². The van der Waals surface area contributed by atoms with E-state index in [9.17, 15) is 4.79 Å². The highest BCUT2D eigenvalue weighted by Crippen LogP contribution is 2.37. The molecule has 1 aromatic carbocycles. The van der Waals surface area contributed by atoms with Gasteiger partial charge in [-0.1, -0.05) is 6.07 Å². The van der Waals surface area contributed by atoms with Crippen molar-refractivity contribution >= 4 is 39.5 Å². The standard InChI is InChI=1S/C31H33N11O2/c1-18-20(15-36-38-18)16-41-11-8-21(9-12-41)42-30-27(29(32)34-17-35-30)28(39-42)19-6-7-22(26(13-19)44-3)37-31(43)25-14-23-24(40(25)2)5-4-10-33-23/h4-7,10,13-15,17,21H,8-9,11-12,16H2,1-3H3,(H,36,38)(H,37,43)(H2,32,34,35). The molecule has 0 aliphatic carbocycles. The number of nitrogens with zero attached hydrogens (tertiary/aromatic N) is 8. The summed E-state index contributed by atoms with van der Waals surface area (Å²) in [6.45, 7) is 4.78. The fraction of sp³-hybridized carbons (Fsp3) is 0.290. The number of nitrogens with two attached hydrogens (primary N) is 1. The Bertz CT molecular complexity index is 2000. The average Bonchev–Trinajstić information content (AvgIpc) is 3.73. The molecule has 4 N–H and O–H groups in total. The number of anilines is 2. The molecule has 1 fully saturated rings. The number of hydrogen-bond donors (Lipinski definition) is 3. The van der Waals surface area contributed by atoms with Gasteiger partial charge in [0.1, 0.15) is 29.3 Å². The third-order valence-electron chi connectivity index (χ3n) is 8.52. The van der Waals surface area contributed by atoms with Crippen LogP contribution in [0.15, 0.2) is 55.1 Å². The van der Waals surface area contributed by atoms with Gasteiger partial charge in [0.15, 0.2) is 5.65 Å². The van der Waals surface area contributed by atoms with E-state index in [1.165, 1.54) is 11.9 Å². The van der Waals surface area contributed by atoms with Gasteiger partial charge in [-0.2, -0.15) is 10.2 Å². The van der Waals surface area contributed by atoms with Gasteiger partial charge >= 0.3 is 0 Å². The summed E-state index contributed by atoms with van der Waals surface area (Å²) < 4.78 is 9.54. The second kappa shape index (κ2) is 11.1. The minimum Gasteiger partial charge on any atom is -0.495 e. The number of pyridine rings is 1. The number of piperidine rings is 1. The lowest BCUT2D eigenvalue weighted by molar-refractivity contribution is 0.101. The highest BCUT2D eigenvalue weighted by atomic mass is 16.5. The minimum atomic E-state index is -0.266. The third-order valence-corrected chi connectivity index (χ3v) is 8.52. The van der Waals surface area contributed by atoms with Crippen LogP contribution in [0, 0.1) is 6.92 Å². The van der Waals surface area contributed by atoms with Gasteiger partial charge in [-0.3, -0.25) is 19.8 Å². The molecule has 1 aliphatic rings. The summed E-state index contributed by atoms with van der Waals surface area (Å²) in [6, 6.07) is 11.3. The first-order chi connectivity index (χ1) is 21.4. The molecule has 5 aromatic heterocycles. The van der Waals surface area contributed by atoms with E-state index in [4.69, 9.17) is 15.6 Å². The monoisotopic (exact) mass is 591 g/mol. The molecule has 1 aliphatic heterocycles. The Morgan fingerprint density at radius 3 is 2.75 bits per heavy atom. The largest absolute Gasteiger partial charge is 0.495 e. The van der Waals surface area contributed by atoms with E-state index < -0.39 is 0 Å². The number of nitrogens with one attached hydrogen (secondary N) is 2. The van der Waals surface area contributed by atoms with Crippen LogP contribution in [0.2, 0.25) is 0 Å². The number of rotatable bonds is 7. The van der Waals surface area contributed by atoms with Crippen LogP contribution in [0.4, 0.5) is 11.5 Å². The highest BCUT2D eigenvalue weighted by molar-refractivity contribution is 6.07.